The summed E-state index contributed by atoms with van der Waals surface area (Å²) in [6.07, 6.45) is 6.82. The van der Waals surface area contributed by atoms with Gasteiger partial charge < -0.3 is 9.47 Å². The van der Waals surface area contributed by atoms with Crippen molar-refractivity contribution < 1.29 is 14.3 Å². The highest BCUT2D eigenvalue weighted by molar-refractivity contribution is 5.89. The lowest BCUT2D eigenvalue weighted by atomic mass is 9.79. The second kappa shape index (κ2) is 9.57. The van der Waals surface area contributed by atoms with E-state index in [-0.39, 0.29) is 5.97 Å². The second-order valence-electron chi connectivity index (χ2n) is 7.81. The summed E-state index contributed by atoms with van der Waals surface area (Å²) in [5.74, 6) is 1.49. The zero-order valence-electron chi connectivity index (χ0n) is 17.3. The summed E-state index contributed by atoms with van der Waals surface area (Å²) in [4.78, 5) is 16.1. The van der Waals surface area contributed by atoms with Crippen LogP contribution >= 0.6 is 0 Å². The van der Waals surface area contributed by atoms with Gasteiger partial charge in [0, 0.05) is 12.1 Å². The number of nitrogens with zero attached hydrogens (tertiary/aromatic N) is 1. The molecular formula is C26H27NO3. The van der Waals surface area contributed by atoms with Crippen LogP contribution in [0.1, 0.15) is 58.8 Å². The van der Waals surface area contributed by atoms with Crippen molar-refractivity contribution in [3.63, 3.8) is 0 Å². The monoisotopic (exact) mass is 401 g/mol. The SMILES string of the molecule is COC(=O)c1ccc(C(c2ccc(OCc3ccccn3)cc2)C2CCCC2)cc1. The van der Waals surface area contributed by atoms with Gasteiger partial charge in [0.1, 0.15) is 12.4 Å². The molecule has 154 valence electrons. The molecule has 2 aromatic carbocycles. The molecule has 0 N–H and O–H groups in total. The highest BCUT2D eigenvalue weighted by Gasteiger charge is 2.28. The van der Waals surface area contributed by atoms with Crippen molar-refractivity contribution in [1.82, 2.24) is 4.98 Å². The third-order valence-corrected chi connectivity index (χ3v) is 5.91. The van der Waals surface area contributed by atoms with Crippen molar-refractivity contribution in [2.45, 2.75) is 38.2 Å². The van der Waals surface area contributed by atoms with Gasteiger partial charge >= 0.3 is 5.97 Å². The standard InChI is InChI=1S/C26H27NO3/c1-29-26(28)22-11-9-20(10-12-22)25(19-6-2-3-7-19)21-13-15-24(16-14-21)30-18-23-8-4-5-17-27-23/h4-5,8-17,19,25H,2-3,6-7,18H2,1H3. The van der Waals surface area contributed by atoms with Gasteiger partial charge in [-0.05, 0) is 66.3 Å². The number of esters is 1. The summed E-state index contributed by atoms with van der Waals surface area (Å²) < 4.78 is 10.7. The molecule has 4 heteroatoms. The number of pyridine rings is 1. The molecule has 30 heavy (non-hydrogen) atoms. The maximum Gasteiger partial charge on any atom is 0.337 e. The summed E-state index contributed by atoms with van der Waals surface area (Å²) in [6.45, 7) is 0.460. The lowest BCUT2D eigenvalue weighted by Crippen LogP contribution is -2.12. The van der Waals surface area contributed by atoms with E-state index in [9.17, 15) is 4.79 Å². The lowest BCUT2D eigenvalue weighted by molar-refractivity contribution is 0.0600. The molecule has 0 bridgehead atoms. The number of aromatic nitrogens is 1. The Kier molecular flexibility index (Phi) is 6.43. The first-order valence-corrected chi connectivity index (χ1v) is 10.6. The predicted octanol–water partition coefficient (Wildman–Crippen LogP) is 5.77. The molecule has 1 unspecified atom stereocenters. The fourth-order valence-electron chi connectivity index (χ4n) is 4.38. The molecular weight excluding hydrogens is 374 g/mol. The number of ether oxygens (including phenoxy) is 2. The molecule has 0 saturated heterocycles. The second-order valence-corrected chi connectivity index (χ2v) is 7.81. The number of methoxy groups -OCH3 is 1. The van der Waals surface area contributed by atoms with Gasteiger partial charge in [0.15, 0.2) is 0 Å². The quantitative estimate of drug-likeness (QED) is 0.472. The Morgan fingerprint density at radius 2 is 1.63 bits per heavy atom. The molecule has 3 aromatic rings. The molecule has 4 nitrogen and oxygen atoms in total. The topological polar surface area (TPSA) is 48.4 Å². The normalized spacial score (nSPS) is 15.0. The first-order chi connectivity index (χ1) is 14.7. The van der Waals surface area contributed by atoms with Crippen LogP contribution in [0.4, 0.5) is 0 Å². The van der Waals surface area contributed by atoms with E-state index < -0.39 is 0 Å². The molecule has 1 aromatic heterocycles. The average molecular weight is 402 g/mol. The summed E-state index contributed by atoms with van der Waals surface area (Å²) in [5, 5.41) is 0. The number of rotatable bonds is 7. The Morgan fingerprint density at radius 3 is 2.23 bits per heavy atom. The van der Waals surface area contributed by atoms with Crippen molar-refractivity contribution in [1.29, 1.82) is 0 Å². The molecule has 1 heterocycles. The number of hydrogen-bond acceptors (Lipinski definition) is 4. The largest absolute Gasteiger partial charge is 0.487 e. The number of benzene rings is 2. The minimum Gasteiger partial charge on any atom is -0.487 e. The van der Waals surface area contributed by atoms with Crippen LogP contribution in [0.15, 0.2) is 72.9 Å². The Morgan fingerprint density at radius 1 is 0.967 bits per heavy atom. The van der Waals surface area contributed by atoms with Gasteiger partial charge in [-0.2, -0.15) is 0 Å². The van der Waals surface area contributed by atoms with E-state index in [0.29, 0.717) is 24.0 Å². The van der Waals surface area contributed by atoms with E-state index in [1.165, 1.54) is 43.9 Å². The zero-order valence-corrected chi connectivity index (χ0v) is 17.3. The Hall–Kier alpha value is -3.14. The van der Waals surface area contributed by atoms with E-state index in [1.807, 2.05) is 42.5 Å². The van der Waals surface area contributed by atoms with E-state index >= 15 is 0 Å². The van der Waals surface area contributed by atoms with Gasteiger partial charge in [-0.25, -0.2) is 4.79 Å². The molecule has 0 radical (unpaired) electrons. The van der Waals surface area contributed by atoms with E-state index in [0.717, 1.165) is 11.4 Å². The van der Waals surface area contributed by atoms with Gasteiger partial charge in [-0.1, -0.05) is 43.2 Å². The predicted molar refractivity (Wildman–Crippen MR) is 117 cm³/mol. The lowest BCUT2D eigenvalue weighted by Gasteiger charge is -2.25. The van der Waals surface area contributed by atoms with Crippen LogP contribution in [-0.4, -0.2) is 18.1 Å². The average Bonchev–Trinajstić information content (AvgIpc) is 3.34. The van der Waals surface area contributed by atoms with Crippen LogP contribution in [0, 0.1) is 5.92 Å². The van der Waals surface area contributed by atoms with Crippen LogP contribution in [0.2, 0.25) is 0 Å². The summed E-state index contributed by atoms with van der Waals surface area (Å²) in [5.41, 5.74) is 4.04. The Balaban J connectivity index is 1.53. The fraction of sp³-hybridized carbons (Fsp3) is 0.308. The van der Waals surface area contributed by atoms with Gasteiger partial charge in [-0.3, -0.25) is 4.98 Å². The molecule has 1 aliphatic rings. The Labute approximate surface area is 177 Å². The summed E-state index contributed by atoms with van der Waals surface area (Å²) in [6, 6.07) is 22.1. The van der Waals surface area contributed by atoms with Crippen molar-refractivity contribution in [3.05, 3.63) is 95.3 Å². The molecule has 0 aliphatic heterocycles. The van der Waals surface area contributed by atoms with Crippen LogP contribution in [-0.2, 0) is 11.3 Å². The molecule has 0 amide bonds. The van der Waals surface area contributed by atoms with Crippen LogP contribution in [0.25, 0.3) is 0 Å². The molecule has 1 atom stereocenters. The third kappa shape index (κ3) is 4.70. The van der Waals surface area contributed by atoms with E-state index in [2.05, 4.69) is 29.2 Å². The van der Waals surface area contributed by atoms with Gasteiger partial charge in [-0.15, -0.1) is 0 Å². The minimum atomic E-state index is -0.298. The maximum absolute atomic E-state index is 11.8. The molecule has 0 spiro atoms. The van der Waals surface area contributed by atoms with Crippen LogP contribution in [0.3, 0.4) is 0 Å². The highest BCUT2D eigenvalue weighted by Crippen LogP contribution is 2.42. The van der Waals surface area contributed by atoms with Crippen LogP contribution in [0.5, 0.6) is 5.75 Å². The smallest absolute Gasteiger partial charge is 0.337 e. The Bertz CT molecular complexity index is 946. The molecule has 4 rings (SSSR count). The fourth-order valence-corrected chi connectivity index (χ4v) is 4.38. The minimum absolute atomic E-state index is 0.298. The maximum atomic E-state index is 11.8. The molecule has 1 aliphatic carbocycles. The summed E-state index contributed by atoms with van der Waals surface area (Å²) in [7, 11) is 1.41. The van der Waals surface area contributed by atoms with E-state index in [4.69, 9.17) is 9.47 Å². The first-order valence-electron chi connectivity index (χ1n) is 10.6. The zero-order chi connectivity index (χ0) is 20.8. The van der Waals surface area contributed by atoms with Crippen molar-refractivity contribution in [2.24, 2.45) is 5.92 Å². The van der Waals surface area contributed by atoms with Crippen molar-refractivity contribution >= 4 is 5.97 Å². The van der Waals surface area contributed by atoms with Gasteiger partial charge in [0.25, 0.3) is 0 Å². The molecule has 1 fully saturated rings. The van der Waals surface area contributed by atoms with Crippen molar-refractivity contribution in [2.75, 3.05) is 7.11 Å². The van der Waals surface area contributed by atoms with Crippen LogP contribution < -0.4 is 4.74 Å². The highest BCUT2D eigenvalue weighted by atomic mass is 16.5. The summed E-state index contributed by atoms with van der Waals surface area (Å²) >= 11 is 0. The molecule has 1 saturated carbocycles. The van der Waals surface area contributed by atoms with E-state index in [1.54, 1.807) is 6.20 Å². The van der Waals surface area contributed by atoms with Gasteiger partial charge in [0.2, 0.25) is 0 Å². The number of hydrogen-bond donors (Lipinski definition) is 0. The van der Waals surface area contributed by atoms with Crippen molar-refractivity contribution in [3.8, 4) is 5.75 Å². The number of carbonyl (C=O) groups is 1. The van der Waals surface area contributed by atoms with Gasteiger partial charge in [0.05, 0.1) is 18.4 Å². The third-order valence-electron chi connectivity index (χ3n) is 5.91. The first kappa shape index (κ1) is 20.1. The number of carbonyl (C=O) groups excluding carboxylic acids is 1.